The largest absolute Gasteiger partial charge is 0.396 e. The van der Waals surface area contributed by atoms with Gasteiger partial charge < -0.3 is 21.3 Å². The minimum atomic E-state index is -0.703. The Morgan fingerprint density at radius 1 is 1.53 bits per heavy atom. The Morgan fingerprint density at radius 3 is 2.76 bits per heavy atom. The average molecular weight is 243 g/mol. The molecule has 0 spiro atoms. The summed E-state index contributed by atoms with van der Waals surface area (Å²) in [7, 11) is 0. The maximum atomic E-state index is 10.8. The van der Waals surface area contributed by atoms with E-state index in [0.717, 1.165) is 6.33 Å². The number of rotatable bonds is 6. The topological polar surface area (TPSA) is 147 Å². The van der Waals surface area contributed by atoms with E-state index in [-0.39, 0.29) is 31.3 Å². The van der Waals surface area contributed by atoms with Gasteiger partial charge in [-0.05, 0) is 6.42 Å². The maximum absolute atomic E-state index is 10.8. The molecule has 0 aliphatic heterocycles. The Bertz CT molecular complexity index is 400. The van der Waals surface area contributed by atoms with Gasteiger partial charge in [-0.2, -0.15) is 0 Å². The normalized spacial score (nSPS) is 12.1. The van der Waals surface area contributed by atoms with E-state index in [1.54, 1.807) is 0 Å². The third kappa shape index (κ3) is 3.23. The van der Waals surface area contributed by atoms with Crippen molar-refractivity contribution >= 4 is 17.3 Å². The van der Waals surface area contributed by atoms with Crippen LogP contribution in [0.25, 0.3) is 0 Å². The van der Waals surface area contributed by atoms with Crippen molar-refractivity contribution in [3.63, 3.8) is 0 Å². The monoisotopic (exact) mass is 243 g/mol. The summed E-state index contributed by atoms with van der Waals surface area (Å²) in [6.07, 6.45) is 1.32. The highest BCUT2D eigenvalue weighted by Crippen LogP contribution is 2.26. The van der Waals surface area contributed by atoms with E-state index >= 15 is 0 Å². The Kier molecular flexibility index (Phi) is 4.55. The first-order chi connectivity index (χ1) is 8.10. The molecule has 0 amide bonds. The number of nitrogens with two attached hydrogens (primary N) is 1. The number of hydrogen-bond donors (Lipinski definition) is 4. The predicted octanol–water partition coefficient (Wildman–Crippen LogP) is -0.878. The number of nitrogen functional groups attached to an aromatic ring is 1. The van der Waals surface area contributed by atoms with Gasteiger partial charge in [0.1, 0.15) is 6.33 Å². The fourth-order valence-electron chi connectivity index (χ4n) is 1.24. The van der Waals surface area contributed by atoms with Crippen molar-refractivity contribution < 1.29 is 15.1 Å². The lowest BCUT2D eigenvalue weighted by molar-refractivity contribution is -0.383. The van der Waals surface area contributed by atoms with Gasteiger partial charge in [0.2, 0.25) is 11.6 Å². The summed E-state index contributed by atoms with van der Waals surface area (Å²) in [4.78, 5) is 17.3. The smallest absolute Gasteiger partial charge is 0.352 e. The summed E-state index contributed by atoms with van der Waals surface area (Å²) in [5, 5.41) is 31.1. The molecular formula is C8H13N5O4. The van der Waals surface area contributed by atoms with Crippen molar-refractivity contribution in [3.8, 4) is 0 Å². The maximum Gasteiger partial charge on any atom is 0.352 e. The fourth-order valence-corrected chi connectivity index (χ4v) is 1.24. The first kappa shape index (κ1) is 13.1. The summed E-state index contributed by atoms with van der Waals surface area (Å²) in [6, 6.07) is -0.534. The molecule has 9 nitrogen and oxygen atoms in total. The lowest BCUT2D eigenvalue weighted by Gasteiger charge is -2.15. The molecule has 1 aromatic rings. The van der Waals surface area contributed by atoms with Crippen molar-refractivity contribution in [2.45, 2.75) is 12.5 Å². The van der Waals surface area contributed by atoms with Crippen molar-refractivity contribution in [1.29, 1.82) is 0 Å². The molecule has 94 valence electrons. The van der Waals surface area contributed by atoms with Crippen LogP contribution in [-0.2, 0) is 0 Å². The third-order valence-corrected chi connectivity index (χ3v) is 2.07. The fraction of sp³-hybridized carbons (Fsp3) is 0.500. The second kappa shape index (κ2) is 5.92. The Hall–Kier alpha value is -2.00. The quantitative estimate of drug-likeness (QED) is 0.372. The number of nitrogens with zero attached hydrogens (tertiary/aromatic N) is 3. The van der Waals surface area contributed by atoms with Crippen LogP contribution in [0.1, 0.15) is 6.42 Å². The van der Waals surface area contributed by atoms with Gasteiger partial charge in [-0.1, -0.05) is 0 Å². The van der Waals surface area contributed by atoms with Gasteiger partial charge in [-0.3, -0.25) is 10.1 Å². The number of aliphatic hydroxyl groups excluding tert-OH is 2. The minimum Gasteiger partial charge on any atom is -0.396 e. The van der Waals surface area contributed by atoms with Crippen LogP contribution in [0.5, 0.6) is 0 Å². The molecule has 17 heavy (non-hydrogen) atoms. The van der Waals surface area contributed by atoms with Crippen LogP contribution in [0.3, 0.4) is 0 Å². The number of aromatic nitrogens is 2. The van der Waals surface area contributed by atoms with E-state index in [1.807, 2.05) is 0 Å². The molecule has 1 atom stereocenters. The number of anilines is 2. The summed E-state index contributed by atoms with van der Waals surface area (Å²) in [6.45, 7) is -0.450. The van der Waals surface area contributed by atoms with E-state index in [9.17, 15) is 10.1 Å². The molecule has 0 fully saturated rings. The van der Waals surface area contributed by atoms with Crippen molar-refractivity contribution in [1.82, 2.24) is 9.97 Å². The zero-order valence-electron chi connectivity index (χ0n) is 8.91. The summed E-state index contributed by atoms with van der Waals surface area (Å²) >= 11 is 0. The van der Waals surface area contributed by atoms with Gasteiger partial charge in [0.15, 0.2) is 0 Å². The van der Waals surface area contributed by atoms with E-state index in [4.69, 9.17) is 15.9 Å². The molecule has 0 aliphatic carbocycles. The number of nitrogens with one attached hydrogen (secondary N) is 1. The van der Waals surface area contributed by atoms with Crippen molar-refractivity contribution in [2.75, 3.05) is 24.3 Å². The SMILES string of the molecule is Nc1ncnc(N[C@@H](CO)CCO)c1[N+](=O)[O-]. The summed E-state index contributed by atoms with van der Waals surface area (Å²) in [5.74, 6) is -0.330. The Morgan fingerprint density at radius 2 is 2.24 bits per heavy atom. The first-order valence-electron chi connectivity index (χ1n) is 4.83. The molecule has 1 heterocycles. The zero-order chi connectivity index (χ0) is 12.8. The van der Waals surface area contributed by atoms with Crippen LogP contribution in [0.2, 0.25) is 0 Å². The zero-order valence-corrected chi connectivity index (χ0v) is 8.91. The highest BCUT2D eigenvalue weighted by atomic mass is 16.6. The summed E-state index contributed by atoms with van der Waals surface area (Å²) < 4.78 is 0. The lowest BCUT2D eigenvalue weighted by atomic mass is 10.2. The molecule has 1 rings (SSSR count). The van der Waals surface area contributed by atoms with Crippen LogP contribution in [0.15, 0.2) is 6.33 Å². The second-order valence-corrected chi connectivity index (χ2v) is 3.25. The standard InChI is InChI=1S/C8H13N5O4/c9-7-6(13(16)17)8(11-4-10-7)12-5(3-15)1-2-14/h4-5,14-15H,1-3H2,(H3,9,10,11,12)/t5-/m1/s1. The van der Waals surface area contributed by atoms with Crippen molar-refractivity contribution in [3.05, 3.63) is 16.4 Å². The third-order valence-electron chi connectivity index (χ3n) is 2.07. The first-order valence-corrected chi connectivity index (χ1v) is 4.83. The number of nitro groups is 1. The molecule has 0 aliphatic rings. The van der Waals surface area contributed by atoms with Crippen LogP contribution >= 0.6 is 0 Å². The predicted molar refractivity (Wildman–Crippen MR) is 59.3 cm³/mol. The molecule has 0 aromatic carbocycles. The van der Waals surface area contributed by atoms with Crippen LogP contribution in [0, 0.1) is 10.1 Å². The van der Waals surface area contributed by atoms with Gasteiger partial charge in [-0.15, -0.1) is 0 Å². The molecule has 0 bridgehead atoms. The second-order valence-electron chi connectivity index (χ2n) is 3.25. The molecule has 0 saturated heterocycles. The number of aliphatic hydroxyl groups is 2. The van der Waals surface area contributed by atoms with E-state index in [1.165, 1.54) is 0 Å². The van der Waals surface area contributed by atoms with Crippen molar-refractivity contribution in [2.24, 2.45) is 0 Å². The van der Waals surface area contributed by atoms with Crippen LogP contribution in [0.4, 0.5) is 17.3 Å². The highest BCUT2D eigenvalue weighted by molar-refractivity contribution is 5.67. The van der Waals surface area contributed by atoms with E-state index in [0.29, 0.717) is 0 Å². The molecular weight excluding hydrogens is 230 g/mol. The van der Waals surface area contributed by atoms with Gasteiger partial charge in [0, 0.05) is 6.61 Å². The summed E-state index contributed by atoms with van der Waals surface area (Å²) in [5.41, 5.74) is 4.93. The lowest BCUT2D eigenvalue weighted by Crippen LogP contribution is -2.26. The Labute approximate surface area is 96.5 Å². The average Bonchev–Trinajstić information content (AvgIpc) is 2.28. The molecule has 0 unspecified atom stereocenters. The molecule has 0 saturated carbocycles. The van der Waals surface area contributed by atoms with Crippen LogP contribution in [-0.4, -0.2) is 44.4 Å². The van der Waals surface area contributed by atoms with Gasteiger partial charge in [0.25, 0.3) is 0 Å². The van der Waals surface area contributed by atoms with Gasteiger partial charge in [-0.25, -0.2) is 9.97 Å². The Balaban J connectivity index is 2.97. The van der Waals surface area contributed by atoms with Crippen LogP contribution < -0.4 is 11.1 Å². The minimum absolute atomic E-state index is 0.0741. The molecule has 0 radical (unpaired) electrons. The molecule has 5 N–H and O–H groups in total. The molecule has 9 heteroatoms. The van der Waals surface area contributed by atoms with Gasteiger partial charge >= 0.3 is 5.69 Å². The highest BCUT2D eigenvalue weighted by Gasteiger charge is 2.22. The molecule has 1 aromatic heterocycles. The number of hydrogen-bond acceptors (Lipinski definition) is 8. The van der Waals surface area contributed by atoms with Gasteiger partial charge in [0.05, 0.1) is 17.6 Å². The van der Waals surface area contributed by atoms with E-state index in [2.05, 4.69) is 15.3 Å². The van der Waals surface area contributed by atoms with E-state index < -0.39 is 16.7 Å².